The van der Waals surface area contributed by atoms with Crippen LogP contribution in [0.4, 0.5) is 0 Å². The maximum absolute atomic E-state index is 12.5. The number of hydrogen-bond acceptors (Lipinski definition) is 3. The van der Waals surface area contributed by atoms with Crippen molar-refractivity contribution < 1.29 is 8.42 Å². The second-order valence-corrected chi connectivity index (χ2v) is 8.92. The van der Waals surface area contributed by atoms with E-state index < -0.39 is 10.0 Å². The van der Waals surface area contributed by atoms with Gasteiger partial charge in [-0.2, -0.15) is 5.10 Å². The Balaban J connectivity index is 2.03. The van der Waals surface area contributed by atoms with Crippen molar-refractivity contribution in [2.45, 2.75) is 59.4 Å². The fourth-order valence-corrected chi connectivity index (χ4v) is 6.01. The van der Waals surface area contributed by atoms with Gasteiger partial charge in [-0.15, -0.1) is 0 Å². The Hall–Kier alpha value is -0.880. The molecule has 0 saturated heterocycles. The van der Waals surface area contributed by atoms with Gasteiger partial charge in [0.1, 0.15) is 0 Å². The molecule has 1 N–H and O–H groups in total. The van der Waals surface area contributed by atoms with Crippen molar-refractivity contribution in [3.8, 4) is 0 Å². The van der Waals surface area contributed by atoms with Crippen LogP contribution in [0, 0.1) is 17.8 Å². The summed E-state index contributed by atoms with van der Waals surface area (Å²) in [6.07, 6.45) is 3.68. The Bertz CT molecular complexity index is 588. The van der Waals surface area contributed by atoms with Gasteiger partial charge in [0, 0.05) is 12.2 Å². The number of rotatable bonds is 5. The molecule has 0 bridgehead atoms. The summed E-state index contributed by atoms with van der Waals surface area (Å²) in [7, 11) is -3.31. The van der Waals surface area contributed by atoms with E-state index in [4.69, 9.17) is 0 Å². The molecule has 0 aromatic carbocycles. The Morgan fingerprint density at radius 1 is 1.35 bits per heavy atom. The summed E-state index contributed by atoms with van der Waals surface area (Å²) in [4.78, 5) is 0. The van der Waals surface area contributed by atoms with E-state index in [1.165, 1.54) is 0 Å². The number of hydrogen-bond donors (Lipinski definition) is 1. The van der Waals surface area contributed by atoms with Crippen LogP contribution >= 0.6 is 0 Å². The molecule has 2 rings (SSSR count). The second kappa shape index (κ2) is 4.56. The smallest absolute Gasteiger partial charge is 0.215 e. The number of aryl methyl sites for hydroxylation is 1. The van der Waals surface area contributed by atoms with Crippen LogP contribution in [0.2, 0.25) is 0 Å². The maximum Gasteiger partial charge on any atom is 0.215 e. The first-order chi connectivity index (χ1) is 8.98. The minimum Gasteiger partial charge on any atom is -0.271 e. The van der Waals surface area contributed by atoms with E-state index in [1.807, 2.05) is 47.7 Å². The summed E-state index contributed by atoms with van der Waals surface area (Å²) in [5.74, 6) is 0. The molecule has 1 atom stereocenters. The van der Waals surface area contributed by atoms with Gasteiger partial charge in [-0.05, 0) is 30.2 Å². The molecule has 1 aliphatic carbocycles. The molecular formula is C14H25N3O2S. The van der Waals surface area contributed by atoms with Crippen LogP contribution < -0.4 is 4.72 Å². The van der Waals surface area contributed by atoms with Gasteiger partial charge in [0.25, 0.3) is 0 Å². The van der Waals surface area contributed by atoms with Crippen LogP contribution in [0.5, 0.6) is 0 Å². The Morgan fingerprint density at radius 2 is 1.90 bits per heavy atom. The van der Waals surface area contributed by atoms with Crippen LogP contribution in [0.1, 0.15) is 40.2 Å². The number of sulfonamides is 1. The molecule has 1 aliphatic rings. The highest BCUT2D eigenvalue weighted by molar-refractivity contribution is 7.90. The molecular weight excluding hydrogens is 274 g/mol. The van der Waals surface area contributed by atoms with E-state index in [0.717, 1.165) is 5.56 Å². The lowest BCUT2D eigenvalue weighted by Gasteiger charge is -2.15. The largest absolute Gasteiger partial charge is 0.271 e. The van der Waals surface area contributed by atoms with Crippen LogP contribution in [-0.4, -0.2) is 29.5 Å². The zero-order valence-electron chi connectivity index (χ0n) is 13.1. The van der Waals surface area contributed by atoms with Gasteiger partial charge in [-0.1, -0.05) is 27.7 Å². The van der Waals surface area contributed by atoms with Crippen LogP contribution in [0.25, 0.3) is 0 Å². The van der Waals surface area contributed by atoms with E-state index in [9.17, 15) is 8.42 Å². The molecule has 1 aromatic heterocycles. The molecule has 1 aromatic rings. The van der Waals surface area contributed by atoms with Crippen molar-refractivity contribution in [1.29, 1.82) is 0 Å². The Morgan fingerprint density at radius 3 is 2.30 bits per heavy atom. The third kappa shape index (κ3) is 2.51. The normalized spacial score (nSPS) is 22.7. The van der Waals surface area contributed by atoms with Crippen molar-refractivity contribution in [2.75, 3.05) is 0 Å². The summed E-state index contributed by atoms with van der Waals surface area (Å²) in [5.41, 5.74) is 0.714. The quantitative estimate of drug-likeness (QED) is 0.903. The van der Waals surface area contributed by atoms with Crippen molar-refractivity contribution in [3.63, 3.8) is 0 Å². The van der Waals surface area contributed by atoms with Gasteiger partial charge in [0.05, 0.1) is 18.0 Å². The average Bonchev–Trinajstić information content (AvgIpc) is 2.53. The molecule has 1 unspecified atom stereocenters. The monoisotopic (exact) mass is 299 g/mol. The molecule has 114 valence electrons. The van der Waals surface area contributed by atoms with E-state index in [2.05, 4.69) is 9.82 Å². The van der Waals surface area contributed by atoms with Gasteiger partial charge in [0.2, 0.25) is 10.0 Å². The molecule has 0 amide bonds. The van der Waals surface area contributed by atoms with Gasteiger partial charge in [-0.3, -0.25) is 4.68 Å². The zero-order valence-corrected chi connectivity index (χ0v) is 14.0. The molecule has 0 radical (unpaired) electrons. The minimum absolute atomic E-state index is 0.175. The first kappa shape index (κ1) is 15.5. The summed E-state index contributed by atoms with van der Waals surface area (Å²) in [6.45, 7) is 12.4. The molecule has 1 heterocycles. The predicted octanol–water partition coefficient (Wildman–Crippen LogP) is 1.93. The maximum atomic E-state index is 12.5. The third-order valence-electron chi connectivity index (χ3n) is 4.79. The van der Waals surface area contributed by atoms with Gasteiger partial charge in [-0.25, -0.2) is 13.1 Å². The highest BCUT2D eigenvalue weighted by atomic mass is 32.2. The summed E-state index contributed by atoms with van der Waals surface area (Å²) in [5, 5.41) is 3.86. The van der Waals surface area contributed by atoms with Crippen LogP contribution in [0.3, 0.4) is 0 Å². The van der Waals surface area contributed by atoms with E-state index in [0.29, 0.717) is 6.54 Å². The van der Waals surface area contributed by atoms with Crippen molar-refractivity contribution in [3.05, 3.63) is 18.0 Å². The number of nitrogens with zero attached hydrogens (tertiary/aromatic N) is 2. The van der Waals surface area contributed by atoms with E-state index >= 15 is 0 Å². The molecule has 5 nitrogen and oxygen atoms in total. The molecule has 0 spiro atoms. The summed E-state index contributed by atoms with van der Waals surface area (Å²) >= 11 is 0. The van der Waals surface area contributed by atoms with Crippen LogP contribution in [0.15, 0.2) is 12.4 Å². The highest BCUT2D eigenvalue weighted by Crippen LogP contribution is 2.65. The molecule has 6 heteroatoms. The van der Waals surface area contributed by atoms with Gasteiger partial charge in [0.15, 0.2) is 0 Å². The SMILES string of the molecule is Cc1cnn(CC(C)NS(=O)(=O)C2C(C)(C)C2(C)C)c1. The van der Waals surface area contributed by atoms with E-state index in [-0.39, 0.29) is 22.1 Å². The third-order valence-corrected chi connectivity index (χ3v) is 7.32. The number of aromatic nitrogens is 2. The Kier molecular flexibility index (Phi) is 3.54. The molecule has 1 saturated carbocycles. The number of nitrogens with one attached hydrogen (secondary N) is 1. The summed E-state index contributed by atoms with van der Waals surface area (Å²) < 4.78 is 29.5. The first-order valence-corrected chi connectivity index (χ1v) is 8.53. The topological polar surface area (TPSA) is 64.0 Å². The molecule has 0 aliphatic heterocycles. The lowest BCUT2D eigenvalue weighted by atomic mass is 10.0. The van der Waals surface area contributed by atoms with Crippen LogP contribution in [-0.2, 0) is 16.6 Å². The zero-order chi connectivity index (χ0) is 15.3. The lowest BCUT2D eigenvalue weighted by molar-refractivity contribution is 0.457. The first-order valence-electron chi connectivity index (χ1n) is 6.98. The predicted molar refractivity (Wildman–Crippen MR) is 79.8 cm³/mol. The van der Waals surface area contributed by atoms with Crippen molar-refractivity contribution in [2.24, 2.45) is 10.8 Å². The Labute approximate surface area is 121 Å². The standard InChI is InChI=1S/C14H25N3O2S/c1-10-7-15-17(8-10)9-11(2)16-20(18,19)12-13(3,4)14(12,5)6/h7-8,11-12,16H,9H2,1-6H3. The summed E-state index contributed by atoms with van der Waals surface area (Å²) in [6, 6.07) is -0.175. The average molecular weight is 299 g/mol. The van der Waals surface area contributed by atoms with Crippen molar-refractivity contribution >= 4 is 10.0 Å². The molecule has 1 fully saturated rings. The van der Waals surface area contributed by atoms with Gasteiger partial charge < -0.3 is 0 Å². The lowest BCUT2D eigenvalue weighted by Crippen LogP contribution is -2.39. The second-order valence-electron chi connectivity index (χ2n) is 7.13. The molecule has 20 heavy (non-hydrogen) atoms. The van der Waals surface area contributed by atoms with E-state index in [1.54, 1.807) is 10.9 Å². The fraction of sp³-hybridized carbons (Fsp3) is 0.786. The highest BCUT2D eigenvalue weighted by Gasteiger charge is 2.70. The fourth-order valence-electron chi connectivity index (χ4n) is 3.14. The van der Waals surface area contributed by atoms with Gasteiger partial charge >= 0.3 is 0 Å². The minimum atomic E-state index is -3.31. The van der Waals surface area contributed by atoms with Crippen molar-refractivity contribution in [1.82, 2.24) is 14.5 Å².